The van der Waals surface area contributed by atoms with Crippen LogP contribution >= 0.6 is 0 Å². The molecule has 5 nitrogen and oxygen atoms in total. The number of rotatable bonds is 4. The molecule has 0 atom stereocenters. The van der Waals surface area contributed by atoms with Crippen LogP contribution in [-0.2, 0) is 6.42 Å². The minimum absolute atomic E-state index is 0.0985. The summed E-state index contributed by atoms with van der Waals surface area (Å²) in [7, 11) is 1.88. The molecule has 0 radical (unpaired) electrons. The fourth-order valence-electron chi connectivity index (χ4n) is 1.35. The number of likely N-dealkylation sites (N-methyl/N-ethyl adjacent to an activating group) is 1. The number of aryl methyl sites for hydroxylation is 1. The van der Waals surface area contributed by atoms with E-state index >= 15 is 0 Å². The zero-order valence-electron chi connectivity index (χ0n) is 9.49. The third-order valence-corrected chi connectivity index (χ3v) is 2.32. The molecule has 1 aromatic heterocycles. The molecule has 3 N–H and O–H groups in total. The number of hydrogen-bond donors (Lipinski definition) is 2. The van der Waals surface area contributed by atoms with Gasteiger partial charge in [-0.05, 0) is 6.92 Å². The van der Waals surface area contributed by atoms with Crippen LogP contribution in [0.4, 0.5) is 11.6 Å². The Labute approximate surface area is 90.0 Å². The Morgan fingerprint density at radius 3 is 2.60 bits per heavy atom. The van der Waals surface area contributed by atoms with E-state index in [1.54, 1.807) is 0 Å². The molecule has 0 spiro atoms. The average Bonchev–Trinajstić information content (AvgIpc) is 2.22. The molecule has 0 fully saturated rings. The zero-order chi connectivity index (χ0) is 11.4. The van der Waals surface area contributed by atoms with Crippen LogP contribution in [0.5, 0.6) is 0 Å². The third-order valence-electron chi connectivity index (χ3n) is 2.32. The second-order valence-corrected chi connectivity index (χ2v) is 3.47. The number of aliphatic hydroxyl groups is 1. The molecule has 0 aliphatic carbocycles. The van der Waals surface area contributed by atoms with Crippen LogP contribution in [0.3, 0.4) is 0 Å². The van der Waals surface area contributed by atoms with E-state index in [4.69, 9.17) is 10.8 Å². The van der Waals surface area contributed by atoms with Gasteiger partial charge in [0.15, 0.2) is 0 Å². The van der Waals surface area contributed by atoms with Gasteiger partial charge in [-0.25, -0.2) is 9.97 Å². The van der Waals surface area contributed by atoms with Crippen LogP contribution in [0.1, 0.15) is 18.3 Å². The summed E-state index contributed by atoms with van der Waals surface area (Å²) in [6.45, 7) is 4.51. The zero-order valence-corrected chi connectivity index (χ0v) is 9.49. The summed E-state index contributed by atoms with van der Waals surface area (Å²) >= 11 is 0. The second kappa shape index (κ2) is 4.93. The van der Waals surface area contributed by atoms with E-state index in [-0.39, 0.29) is 6.61 Å². The minimum Gasteiger partial charge on any atom is -0.395 e. The number of aromatic nitrogens is 2. The SMILES string of the molecule is CCc1nc(N)c(C)c(N(C)CCO)n1. The van der Waals surface area contributed by atoms with Crippen molar-refractivity contribution in [1.82, 2.24) is 9.97 Å². The first-order chi connectivity index (χ1) is 7.10. The Bertz CT molecular complexity index is 340. The predicted molar refractivity (Wildman–Crippen MR) is 60.9 cm³/mol. The highest BCUT2D eigenvalue weighted by atomic mass is 16.3. The number of nitrogens with zero attached hydrogens (tertiary/aromatic N) is 3. The molecule has 1 rings (SSSR count). The van der Waals surface area contributed by atoms with Crippen molar-refractivity contribution in [1.29, 1.82) is 0 Å². The van der Waals surface area contributed by atoms with E-state index in [2.05, 4.69) is 9.97 Å². The van der Waals surface area contributed by atoms with Gasteiger partial charge in [-0.15, -0.1) is 0 Å². The molecule has 0 amide bonds. The van der Waals surface area contributed by atoms with E-state index < -0.39 is 0 Å². The molecule has 0 unspecified atom stereocenters. The Hall–Kier alpha value is -1.36. The first-order valence-corrected chi connectivity index (χ1v) is 5.05. The van der Waals surface area contributed by atoms with Crippen molar-refractivity contribution in [3.63, 3.8) is 0 Å². The van der Waals surface area contributed by atoms with Gasteiger partial charge in [0, 0.05) is 25.6 Å². The lowest BCUT2D eigenvalue weighted by molar-refractivity contribution is 0.303. The van der Waals surface area contributed by atoms with Crippen LogP contribution < -0.4 is 10.6 Å². The molecule has 0 aromatic carbocycles. The smallest absolute Gasteiger partial charge is 0.137 e. The normalized spacial score (nSPS) is 10.4. The fourth-order valence-corrected chi connectivity index (χ4v) is 1.35. The second-order valence-electron chi connectivity index (χ2n) is 3.47. The van der Waals surface area contributed by atoms with E-state index in [0.29, 0.717) is 12.4 Å². The van der Waals surface area contributed by atoms with Gasteiger partial charge < -0.3 is 15.7 Å². The monoisotopic (exact) mass is 210 g/mol. The average molecular weight is 210 g/mol. The van der Waals surface area contributed by atoms with E-state index in [1.165, 1.54) is 0 Å². The molecule has 15 heavy (non-hydrogen) atoms. The van der Waals surface area contributed by atoms with Crippen molar-refractivity contribution >= 4 is 11.6 Å². The van der Waals surface area contributed by atoms with Gasteiger partial charge in [-0.1, -0.05) is 6.92 Å². The number of nitrogen functional groups attached to an aromatic ring is 1. The summed E-state index contributed by atoms with van der Waals surface area (Å²) < 4.78 is 0. The lowest BCUT2D eigenvalue weighted by atomic mass is 10.3. The van der Waals surface area contributed by atoms with Gasteiger partial charge >= 0.3 is 0 Å². The van der Waals surface area contributed by atoms with Crippen LogP contribution in [-0.4, -0.2) is 35.3 Å². The van der Waals surface area contributed by atoms with Crippen molar-refractivity contribution in [2.75, 3.05) is 30.8 Å². The van der Waals surface area contributed by atoms with Gasteiger partial charge in [0.1, 0.15) is 17.5 Å². The summed E-state index contributed by atoms with van der Waals surface area (Å²) in [5.74, 6) is 2.05. The maximum Gasteiger partial charge on any atom is 0.137 e. The van der Waals surface area contributed by atoms with E-state index in [9.17, 15) is 0 Å². The lowest BCUT2D eigenvalue weighted by Gasteiger charge is -2.20. The predicted octanol–water partition coefficient (Wildman–Crippen LogP) is 0.358. The first kappa shape index (κ1) is 11.7. The van der Waals surface area contributed by atoms with Crippen molar-refractivity contribution in [3.05, 3.63) is 11.4 Å². The van der Waals surface area contributed by atoms with Gasteiger partial charge in [-0.3, -0.25) is 0 Å². The van der Waals surface area contributed by atoms with E-state index in [1.807, 2.05) is 25.8 Å². The Kier molecular flexibility index (Phi) is 3.85. The molecule has 0 saturated carbocycles. The highest BCUT2D eigenvalue weighted by Crippen LogP contribution is 2.20. The summed E-state index contributed by atoms with van der Waals surface area (Å²) in [6.07, 6.45) is 0.754. The fraction of sp³-hybridized carbons (Fsp3) is 0.600. The standard InChI is InChI=1S/C10H18N4O/c1-4-8-12-9(11)7(2)10(13-8)14(3)5-6-15/h15H,4-6H2,1-3H3,(H2,11,12,13). The van der Waals surface area contributed by atoms with Gasteiger partial charge in [-0.2, -0.15) is 0 Å². The van der Waals surface area contributed by atoms with Crippen molar-refractivity contribution in [2.45, 2.75) is 20.3 Å². The summed E-state index contributed by atoms with van der Waals surface area (Å²) in [6, 6.07) is 0. The van der Waals surface area contributed by atoms with Crippen LogP contribution in [0.2, 0.25) is 0 Å². The largest absolute Gasteiger partial charge is 0.395 e. The number of nitrogens with two attached hydrogens (primary N) is 1. The third kappa shape index (κ3) is 2.56. The summed E-state index contributed by atoms with van der Waals surface area (Å²) in [5.41, 5.74) is 6.65. The molecule has 1 heterocycles. The molecule has 0 saturated heterocycles. The number of aliphatic hydroxyl groups excluding tert-OH is 1. The van der Waals surface area contributed by atoms with Gasteiger partial charge in [0.05, 0.1) is 6.61 Å². The van der Waals surface area contributed by atoms with Crippen LogP contribution in [0.15, 0.2) is 0 Å². The molecule has 0 aliphatic rings. The Morgan fingerprint density at radius 1 is 1.40 bits per heavy atom. The van der Waals surface area contributed by atoms with Gasteiger partial charge in [0.2, 0.25) is 0 Å². The molecule has 0 aliphatic heterocycles. The molecule has 5 heteroatoms. The Balaban J connectivity index is 3.09. The molecule has 1 aromatic rings. The van der Waals surface area contributed by atoms with Gasteiger partial charge in [0.25, 0.3) is 0 Å². The van der Waals surface area contributed by atoms with Crippen molar-refractivity contribution in [2.24, 2.45) is 0 Å². The molecular weight excluding hydrogens is 192 g/mol. The van der Waals surface area contributed by atoms with Crippen molar-refractivity contribution < 1.29 is 5.11 Å². The molecular formula is C10H18N4O. The van der Waals surface area contributed by atoms with E-state index in [0.717, 1.165) is 23.6 Å². The quantitative estimate of drug-likeness (QED) is 0.750. The highest BCUT2D eigenvalue weighted by molar-refractivity contribution is 5.56. The molecule has 0 bridgehead atoms. The minimum atomic E-state index is 0.0985. The van der Waals surface area contributed by atoms with Crippen molar-refractivity contribution in [3.8, 4) is 0 Å². The lowest BCUT2D eigenvalue weighted by Crippen LogP contribution is -2.24. The Morgan fingerprint density at radius 2 is 2.07 bits per heavy atom. The van der Waals surface area contributed by atoms with Crippen LogP contribution in [0.25, 0.3) is 0 Å². The topological polar surface area (TPSA) is 75.3 Å². The summed E-state index contributed by atoms with van der Waals surface area (Å²) in [4.78, 5) is 10.4. The highest BCUT2D eigenvalue weighted by Gasteiger charge is 2.11. The number of anilines is 2. The number of hydrogen-bond acceptors (Lipinski definition) is 5. The maximum absolute atomic E-state index is 8.87. The summed E-state index contributed by atoms with van der Waals surface area (Å²) in [5, 5.41) is 8.87. The first-order valence-electron chi connectivity index (χ1n) is 5.05. The maximum atomic E-state index is 8.87. The molecule has 84 valence electrons. The van der Waals surface area contributed by atoms with Crippen LogP contribution in [0, 0.1) is 6.92 Å².